The highest BCUT2D eigenvalue weighted by atomic mass is 16.4. The van der Waals surface area contributed by atoms with Gasteiger partial charge in [0.15, 0.2) is 0 Å². The number of carbonyl (C=O) groups excluding carboxylic acids is 1. The van der Waals surface area contributed by atoms with E-state index in [1.54, 1.807) is 0 Å². The predicted molar refractivity (Wildman–Crippen MR) is 83.9 cm³/mol. The molecular weight excluding hydrogens is 280 g/mol. The summed E-state index contributed by atoms with van der Waals surface area (Å²) in [5, 5.41) is 12.1. The Morgan fingerprint density at radius 1 is 1.18 bits per heavy atom. The summed E-state index contributed by atoms with van der Waals surface area (Å²) in [6, 6.07) is 8.33. The molecule has 2 N–H and O–H groups in total. The Morgan fingerprint density at radius 3 is 2.64 bits per heavy atom. The number of nitrogens with zero attached hydrogens (tertiary/aromatic N) is 1. The minimum absolute atomic E-state index is 0.0375. The van der Waals surface area contributed by atoms with Crippen molar-refractivity contribution in [1.29, 1.82) is 0 Å². The van der Waals surface area contributed by atoms with Gasteiger partial charge in [0.25, 0.3) is 0 Å². The molecule has 0 bridgehead atoms. The number of carbonyl (C=O) groups is 2. The van der Waals surface area contributed by atoms with Crippen LogP contribution in [0.1, 0.15) is 31.2 Å². The van der Waals surface area contributed by atoms with Crippen LogP contribution >= 0.6 is 0 Å². The van der Waals surface area contributed by atoms with Gasteiger partial charge >= 0.3 is 5.97 Å². The van der Waals surface area contributed by atoms with Gasteiger partial charge in [-0.15, -0.1) is 0 Å². The fourth-order valence-electron chi connectivity index (χ4n) is 3.50. The highest BCUT2D eigenvalue weighted by Crippen LogP contribution is 2.27. The SMILES string of the molecule is O=C(CN1CCc2ccccc21)NC1CCC(C(=O)O)CC1. The van der Waals surface area contributed by atoms with E-state index in [-0.39, 0.29) is 17.9 Å². The average Bonchev–Trinajstić information content (AvgIpc) is 2.91. The van der Waals surface area contributed by atoms with Crippen LogP contribution in [0.4, 0.5) is 5.69 Å². The van der Waals surface area contributed by atoms with Gasteiger partial charge in [-0.1, -0.05) is 18.2 Å². The Kier molecular flexibility index (Phi) is 4.32. The van der Waals surface area contributed by atoms with Crippen molar-refractivity contribution < 1.29 is 14.7 Å². The third-order valence-corrected chi connectivity index (χ3v) is 4.76. The van der Waals surface area contributed by atoms with E-state index in [2.05, 4.69) is 22.3 Å². The Morgan fingerprint density at radius 2 is 1.91 bits per heavy atom. The first-order valence-electron chi connectivity index (χ1n) is 7.98. The molecule has 0 saturated heterocycles. The summed E-state index contributed by atoms with van der Waals surface area (Å²) in [5.41, 5.74) is 2.46. The lowest BCUT2D eigenvalue weighted by Crippen LogP contribution is -2.43. The molecule has 1 saturated carbocycles. The second-order valence-electron chi connectivity index (χ2n) is 6.25. The van der Waals surface area contributed by atoms with Crippen LogP contribution < -0.4 is 10.2 Å². The molecule has 1 aliphatic carbocycles. The van der Waals surface area contributed by atoms with E-state index in [0.29, 0.717) is 19.4 Å². The van der Waals surface area contributed by atoms with Crippen molar-refractivity contribution in [2.75, 3.05) is 18.0 Å². The number of nitrogens with one attached hydrogen (secondary N) is 1. The van der Waals surface area contributed by atoms with Gasteiger partial charge in [-0.05, 0) is 43.7 Å². The number of para-hydroxylation sites is 1. The summed E-state index contributed by atoms with van der Waals surface area (Å²) < 4.78 is 0. The summed E-state index contributed by atoms with van der Waals surface area (Å²) in [6.45, 7) is 1.27. The zero-order valence-electron chi connectivity index (χ0n) is 12.6. The molecule has 1 fully saturated rings. The van der Waals surface area contributed by atoms with Crippen LogP contribution in [0.3, 0.4) is 0 Å². The molecule has 0 aromatic heterocycles. The summed E-state index contributed by atoms with van der Waals surface area (Å²) in [4.78, 5) is 25.3. The van der Waals surface area contributed by atoms with Gasteiger partial charge in [0.05, 0.1) is 12.5 Å². The topological polar surface area (TPSA) is 69.6 Å². The van der Waals surface area contributed by atoms with Crippen molar-refractivity contribution in [1.82, 2.24) is 5.32 Å². The van der Waals surface area contributed by atoms with E-state index in [4.69, 9.17) is 5.11 Å². The number of carboxylic acids is 1. The highest BCUT2D eigenvalue weighted by Gasteiger charge is 2.27. The second-order valence-corrected chi connectivity index (χ2v) is 6.25. The Bertz CT molecular complexity index is 565. The molecule has 1 amide bonds. The lowest BCUT2D eigenvalue weighted by Gasteiger charge is -2.28. The monoisotopic (exact) mass is 302 g/mol. The summed E-state index contributed by atoms with van der Waals surface area (Å²) in [7, 11) is 0. The van der Waals surface area contributed by atoms with E-state index in [0.717, 1.165) is 31.5 Å². The van der Waals surface area contributed by atoms with Crippen molar-refractivity contribution in [3.8, 4) is 0 Å². The van der Waals surface area contributed by atoms with Gasteiger partial charge in [0, 0.05) is 18.3 Å². The number of rotatable bonds is 4. The smallest absolute Gasteiger partial charge is 0.306 e. The summed E-state index contributed by atoms with van der Waals surface area (Å²) in [5.74, 6) is -0.910. The van der Waals surface area contributed by atoms with Gasteiger partial charge in [-0.2, -0.15) is 0 Å². The quantitative estimate of drug-likeness (QED) is 0.890. The molecule has 118 valence electrons. The standard InChI is InChI=1S/C17H22N2O3/c20-16(18-14-7-5-13(6-8-14)17(21)22)11-19-10-9-12-3-1-2-4-15(12)19/h1-4,13-14H,5-11H2,(H,18,20)(H,21,22). The summed E-state index contributed by atoms with van der Waals surface area (Å²) in [6.07, 6.45) is 3.84. The van der Waals surface area contributed by atoms with Crippen molar-refractivity contribution in [3.05, 3.63) is 29.8 Å². The molecule has 1 aromatic carbocycles. The number of aliphatic carboxylic acids is 1. The molecule has 3 rings (SSSR count). The first kappa shape index (κ1) is 14.9. The van der Waals surface area contributed by atoms with Crippen LogP contribution in [-0.4, -0.2) is 36.1 Å². The van der Waals surface area contributed by atoms with E-state index >= 15 is 0 Å². The maximum atomic E-state index is 12.2. The molecular formula is C17H22N2O3. The van der Waals surface area contributed by atoms with Gasteiger partial charge in [-0.3, -0.25) is 9.59 Å². The molecule has 0 atom stereocenters. The largest absolute Gasteiger partial charge is 0.481 e. The lowest BCUT2D eigenvalue weighted by atomic mass is 9.86. The Hall–Kier alpha value is -2.04. The van der Waals surface area contributed by atoms with E-state index in [1.807, 2.05) is 12.1 Å². The second kappa shape index (κ2) is 6.38. The van der Waals surface area contributed by atoms with Crippen molar-refractivity contribution in [2.24, 2.45) is 5.92 Å². The van der Waals surface area contributed by atoms with Gasteiger partial charge in [0.2, 0.25) is 5.91 Å². The first-order chi connectivity index (χ1) is 10.6. The Labute approximate surface area is 130 Å². The maximum absolute atomic E-state index is 12.2. The lowest BCUT2D eigenvalue weighted by molar-refractivity contribution is -0.142. The van der Waals surface area contributed by atoms with Crippen LogP contribution in [0, 0.1) is 5.92 Å². The highest BCUT2D eigenvalue weighted by molar-refractivity contribution is 5.82. The minimum Gasteiger partial charge on any atom is -0.481 e. The van der Waals surface area contributed by atoms with Crippen molar-refractivity contribution in [2.45, 2.75) is 38.1 Å². The number of hydrogen-bond donors (Lipinski definition) is 2. The molecule has 22 heavy (non-hydrogen) atoms. The molecule has 0 unspecified atom stereocenters. The number of amides is 1. The number of fused-ring (bicyclic) bond motifs is 1. The third-order valence-electron chi connectivity index (χ3n) is 4.76. The average molecular weight is 302 g/mol. The predicted octanol–water partition coefficient (Wildman–Crippen LogP) is 1.81. The minimum atomic E-state index is -0.710. The molecule has 0 radical (unpaired) electrons. The first-order valence-corrected chi connectivity index (χ1v) is 7.98. The van der Waals surface area contributed by atoms with Crippen LogP contribution in [-0.2, 0) is 16.0 Å². The van der Waals surface area contributed by atoms with E-state index in [1.165, 1.54) is 5.56 Å². The van der Waals surface area contributed by atoms with E-state index in [9.17, 15) is 9.59 Å². The number of anilines is 1. The van der Waals surface area contributed by atoms with Gasteiger partial charge in [0.1, 0.15) is 0 Å². The maximum Gasteiger partial charge on any atom is 0.306 e. The molecule has 0 spiro atoms. The number of hydrogen-bond acceptors (Lipinski definition) is 3. The third kappa shape index (κ3) is 3.24. The summed E-state index contributed by atoms with van der Waals surface area (Å²) >= 11 is 0. The molecule has 1 aliphatic heterocycles. The normalized spacial score (nSPS) is 23.9. The number of carboxylic acid groups (broad SMARTS) is 1. The van der Waals surface area contributed by atoms with Crippen LogP contribution in [0.15, 0.2) is 24.3 Å². The van der Waals surface area contributed by atoms with Crippen LogP contribution in [0.25, 0.3) is 0 Å². The fraction of sp³-hybridized carbons (Fsp3) is 0.529. The van der Waals surface area contributed by atoms with Crippen LogP contribution in [0.2, 0.25) is 0 Å². The molecule has 5 nitrogen and oxygen atoms in total. The zero-order valence-corrected chi connectivity index (χ0v) is 12.6. The molecule has 5 heteroatoms. The molecule has 1 heterocycles. The number of benzene rings is 1. The Balaban J connectivity index is 1.49. The van der Waals surface area contributed by atoms with Gasteiger partial charge in [-0.25, -0.2) is 0 Å². The van der Waals surface area contributed by atoms with Gasteiger partial charge < -0.3 is 15.3 Å². The molecule has 2 aliphatic rings. The fourth-order valence-corrected chi connectivity index (χ4v) is 3.50. The van der Waals surface area contributed by atoms with Crippen molar-refractivity contribution >= 4 is 17.6 Å². The van der Waals surface area contributed by atoms with Crippen molar-refractivity contribution in [3.63, 3.8) is 0 Å². The van der Waals surface area contributed by atoms with E-state index < -0.39 is 5.97 Å². The van der Waals surface area contributed by atoms with Crippen LogP contribution in [0.5, 0.6) is 0 Å². The zero-order chi connectivity index (χ0) is 15.5. The molecule has 1 aromatic rings.